The number of amides is 2. The van der Waals surface area contributed by atoms with Crippen molar-refractivity contribution in [3.63, 3.8) is 0 Å². The molecule has 0 heterocycles. The van der Waals surface area contributed by atoms with Crippen LogP contribution in [-0.4, -0.2) is 65.2 Å². The topological polar surface area (TPSA) is 52.7 Å². The van der Waals surface area contributed by atoms with Crippen molar-refractivity contribution in [1.29, 1.82) is 0 Å². The fraction of sp³-hybridized carbons (Fsp3) is 0.800. The Morgan fingerprint density at radius 1 is 1.44 bits per heavy atom. The Hall–Kier alpha value is -0.880. The van der Waals surface area contributed by atoms with Gasteiger partial charge in [0.2, 0.25) is 0 Å². The van der Waals surface area contributed by atoms with E-state index in [0.717, 1.165) is 6.54 Å². The molecule has 0 saturated carbocycles. The molecule has 0 bridgehead atoms. The maximum atomic E-state index is 11.7. The molecule has 1 N–H and O–H groups in total. The number of hydrogen-bond donors (Lipinski definition) is 1. The molecule has 0 saturated heterocycles. The number of urea groups is 1. The molecule has 2 amide bonds. The number of nitrogens with one attached hydrogen (secondary N) is 1. The second-order valence-electron chi connectivity index (χ2n) is 4.04. The molecule has 0 spiro atoms. The van der Waals surface area contributed by atoms with Crippen molar-refractivity contribution in [1.82, 2.24) is 15.1 Å². The molecule has 94 valence electrons. The van der Waals surface area contributed by atoms with Gasteiger partial charge in [-0.2, -0.15) is 0 Å². The van der Waals surface area contributed by atoms with E-state index < -0.39 is 0 Å². The van der Waals surface area contributed by atoms with Crippen LogP contribution in [0.4, 0.5) is 4.79 Å². The van der Waals surface area contributed by atoms with Gasteiger partial charge in [0.25, 0.3) is 0 Å². The molecule has 0 aliphatic rings. The summed E-state index contributed by atoms with van der Waals surface area (Å²) in [6, 6.07) is -0.0371. The van der Waals surface area contributed by atoms with Gasteiger partial charge in [-0.15, -0.1) is 0 Å². The molecule has 5 nitrogen and oxygen atoms in total. The van der Waals surface area contributed by atoms with Gasteiger partial charge in [0, 0.05) is 24.5 Å². The Bertz CT molecular complexity index is 263. The highest BCUT2D eigenvalue weighted by Gasteiger charge is 2.14. The Labute approximate surface area is 101 Å². The van der Waals surface area contributed by atoms with Crippen LogP contribution in [0.5, 0.6) is 0 Å². The van der Waals surface area contributed by atoms with Crippen LogP contribution < -0.4 is 5.32 Å². The molecule has 0 unspecified atom stereocenters. The molecule has 0 aromatic rings. The molecule has 0 rings (SSSR count). The van der Waals surface area contributed by atoms with Gasteiger partial charge in [0.15, 0.2) is 0 Å². The lowest BCUT2D eigenvalue weighted by Gasteiger charge is -2.25. The lowest BCUT2D eigenvalue weighted by molar-refractivity contribution is 0.192. The quantitative estimate of drug-likeness (QED) is 0.671. The summed E-state index contributed by atoms with van der Waals surface area (Å²) in [5.74, 6) is 0. The first kappa shape index (κ1) is 15.1. The Balaban J connectivity index is 4.12. The van der Waals surface area contributed by atoms with Crippen LogP contribution in [-0.2, 0) is 11.3 Å². The minimum Gasteiger partial charge on any atom is -0.337 e. The van der Waals surface area contributed by atoms with E-state index in [2.05, 4.69) is 5.32 Å². The predicted molar refractivity (Wildman–Crippen MR) is 68.0 cm³/mol. The fourth-order valence-corrected chi connectivity index (χ4v) is 1.35. The Kier molecular flexibility index (Phi) is 7.84. The molecule has 0 radical (unpaired) electrons. The van der Waals surface area contributed by atoms with E-state index in [1.54, 1.807) is 4.90 Å². The van der Waals surface area contributed by atoms with Gasteiger partial charge in [0.1, 0.15) is 0 Å². The van der Waals surface area contributed by atoms with Crippen molar-refractivity contribution in [3.05, 3.63) is 0 Å². The van der Waals surface area contributed by atoms with Crippen molar-refractivity contribution < 1.29 is 9.00 Å². The molecule has 0 aromatic carbocycles. The monoisotopic (exact) mass is 247 g/mol. The van der Waals surface area contributed by atoms with Gasteiger partial charge in [-0.25, -0.2) is 9.00 Å². The van der Waals surface area contributed by atoms with E-state index >= 15 is 0 Å². The highest BCUT2D eigenvalue weighted by molar-refractivity contribution is 7.64. The average molecular weight is 247 g/mol. The second kappa shape index (κ2) is 8.29. The maximum absolute atomic E-state index is 11.7. The van der Waals surface area contributed by atoms with Crippen LogP contribution in [0.15, 0.2) is 0 Å². The van der Waals surface area contributed by atoms with Crippen molar-refractivity contribution in [3.8, 4) is 0 Å². The Morgan fingerprint density at radius 2 is 2.06 bits per heavy atom. The zero-order valence-electron chi connectivity index (χ0n) is 10.4. The van der Waals surface area contributed by atoms with Crippen LogP contribution in [0.1, 0.15) is 13.8 Å². The van der Waals surface area contributed by atoms with E-state index in [0.29, 0.717) is 24.3 Å². The minimum absolute atomic E-state index is 0.0859. The zero-order chi connectivity index (χ0) is 12.6. The third-order valence-corrected chi connectivity index (χ3v) is 2.34. The van der Waals surface area contributed by atoms with Gasteiger partial charge in [-0.1, -0.05) is 0 Å². The summed E-state index contributed by atoms with van der Waals surface area (Å²) < 4.78 is 10.3. The van der Waals surface area contributed by atoms with Gasteiger partial charge >= 0.3 is 6.03 Å². The van der Waals surface area contributed by atoms with Crippen LogP contribution in [0, 0.1) is 0 Å². The standard InChI is InChI=1S/C10H21N3O2S/c1-9(2)13(7-8-16-15)10(14)11-5-6-12(3)4/h8-9H,5-7H2,1-4H3,(H,11,14). The molecule has 0 atom stereocenters. The lowest BCUT2D eigenvalue weighted by atomic mass is 10.3. The van der Waals surface area contributed by atoms with E-state index in [9.17, 15) is 9.00 Å². The minimum atomic E-state index is -0.123. The highest BCUT2D eigenvalue weighted by Crippen LogP contribution is 1.96. The number of hydrogen-bond acceptors (Lipinski definition) is 3. The van der Waals surface area contributed by atoms with Crippen molar-refractivity contribution in [2.75, 3.05) is 33.7 Å². The highest BCUT2D eigenvalue weighted by atomic mass is 32.1. The van der Waals surface area contributed by atoms with Crippen LogP contribution in [0.3, 0.4) is 0 Å². The van der Waals surface area contributed by atoms with Gasteiger partial charge in [0.05, 0.1) is 17.8 Å². The molecular formula is C10H21N3O2S. The molecule has 6 heteroatoms. The van der Waals surface area contributed by atoms with E-state index in [1.807, 2.05) is 32.8 Å². The van der Waals surface area contributed by atoms with Gasteiger partial charge in [-0.05, 0) is 27.9 Å². The van der Waals surface area contributed by atoms with Gasteiger partial charge < -0.3 is 15.1 Å². The van der Waals surface area contributed by atoms with Gasteiger partial charge in [-0.3, -0.25) is 0 Å². The molecular weight excluding hydrogens is 226 g/mol. The fourth-order valence-electron chi connectivity index (χ4n) is 1.13. The first-order chi connectivity index (χ1) is 7.49. The molecule has 0 fully saturated rings. The summed E-state index contributed by atoms with van der Waals surface area (Å²) in [6.45, 7) is 5.64. The summed E-state index contributed by atoms with van der Waals surface area (Å²) in [6.07, 6.45) is 0. The molecule has 0 aliphatic carbocycles. The number of carbonyl (C=O) groups is 1. The van der Waals surface area contributed by atoms with Crippen molar-refractivity contribution in [2.45, 2.75) is 19.9 Å². The number of nitrogens with zero attached hydrogens (tertiary/aromatic N) is 2. The first-order valence-corrected chi connectivity index (χ1v) is 6.09. The Morgan fingerprint density at radius 3 is 2.50 bits per heavy atom. The first-order valence-electron chi connectivity index (χ1n) is 5.28. The van der Waals surface area contributed by atoms with Crippen molar-refractivity contribution >= 4 is 22.7 Å². The second-order valence-corrected chi connectivity index (χ2v) is 4.57. The van der Waals surface area contributed by atoms with Crippen LogP contribution in [0.2, 0.25) is 0 Å². The van der Waals surface area contributed by atoms with E-state index in [4.69, 9.17) is 0 Å². The molecule has 16 heavy (non-hydrogen) atoms. The van der Waals surface area contributed by atoms with Crippen molar-refractivity contribution in [2.24, 2.45) is 0 Å². The van der Waals surface area contributed by atoms with Crippen LogP contribution >= 0.6 is 0 Å². The molecule has 0 aliphatic heterocycles. The largest absolute Gasteiger partial charge is 0.337 e. The average Bonchev–Trinajstić information content (AvgIpc) is 2.17. The number of carbonyl (C=O) groups excluding carboxylic acids is 1. The third-order valence-electron chi connectivity index (χ3n) is 2.06. The maximum Gasteiger partial charge on any atom is 0.317 e. The molecule has 0 aromatic heterocycles. The normalized spacial score (nSPS) is 10.4. The number of likely N-dealkylation sites (N-methyl/N-ethyl adjacent to an activating group) is 1. The SMILES string of the molecule is CC(C)N(CC=S=O)C(=O)NCCN(C)C. The third kappa shape index (κ3) is 6.58. The summed E-state index contributed by atoms with van der Waals surface area (Å²) in [5.41, 5.74) is 0. The van der Waals surface area contributed by atoms with E-state index in [-0.39, 0.29) is 12.1 Å². The number of rotatable bonds is 6. The zero-order valence-corrected chi connectivity index (χ0v) is 11.2. The smallest absolute Gasteiger partial charge is 0.317 e. The summed E-state index contributed by atoms with van der Waals surface area (Å²) >= 11 is 0.389. The summed E-state index contributed by atoms with van der Waals surface area (Å²) in [4.78, 5) is 15.4. The van der Waals surface area contributed by atoms with Crippen LogP contribution in [0.25, 0.3) is 0 Å². The summed E-state index contributed by atoms with van der Waals surface area (Å²) in [5, 5.41) is 4.30. The lowest BCUT2D eigenvalue weighted by Crippen LogP contribution is -2.46. The predicted octanol–water partition coefficient (Wildman–Crippen LogP) is -0.0168. The van der Waals surface area contributed by atoms with E-state index in [1.165, 1.54) is 5.37 Å². The summed E-state index contributed by atoms with van der Waals surface area (Å²) in [7, 11) is 3.91.